The average molecular weight is 198 g/mol. The van der Waals surface area contributed by atoms with Crippen LogP contribution in [0.15, 0.2) is 0 Å². The number of nitrogens with zero attached hydrogens (tertiary/aromatic N) is 1. The molecule has 0 spiro atoms. The van der Waals surface area contributed by atoms with Gasteiger partial charge < -0.3 is 5.32 Å². The minimum Gasteiger partial charge on any atom is -0.314 e. The standard InChI is InChI=1S/C12H26N2/c1-11(2)5-4-6-12(3)14-9-7-13-8-10-14/h11-13H,4-10H2,1-3H3. The second kappa shape index (κ2) is 6.41. The van der Waals surface area contributed by atoms with E-state index in [9.17, 15) is 0 Å². The zero-order chi connectivity index (χ0) is 10.4. The Hall–Kier alpha value is -0.0800. The Kier molecular flexibility index (Phi) is 5.49. The minimum atomic E-state index is 0.788. The number of hydrogen-bond donors (Lipinski definition) is 1. The van der Waals surface area contributed by atoms with Crippen molar-refractivity contribution in [3.63, 3.8) is 0 Å². The van der Waals surface area contributed by atoms with E-state index in [0.29, 0.717) is 0 Å². The maximum Gasteiger partial charge on any atom is 0.0110 e. The van der Waals surface area contributed by atoms with Crippen LogP contribution in [0.5, 0.6) is 0 Å². The maximum absolute atomic E-state index is 3.40. The maximum atomic E-state index is 3.40. The van der Waals surface area contributed by atoms with Gasteiger partial charge in [-0.2, -0.15) is 0 Å². The highest BCUT2D eigenvalue weighted by Gasteiger charge is 2.15. The van der Waals surface area contributed by atoms with Crippen molar-refractivity contribution >= 4 is 0 Å². The fourth-order valence-corrected chi connectivity index (χ4v) is 2.13. The van der Waals surface area contributed by atoms with Crippen LogP contribution in [0.3, 0.4) is 0 Å². The summed E-state index contributed by atoms with van der Waals surface area (Å²) in [5.41, 5.74) is 0. The van der Waals surface area contributed by atoms with E-state index < -0.39 is 0 Å². The largest absolute Gasteiger partial charge is 0.314 e. The molecule has 1 saturated heterocycles. The topological polar surface area (TPSA) is 15.3 Å². The molecule has 0 amide bonds. The van der Waals surface area contributed by atoms with Gasteiger partial charge in [0.2, 0.25) is 0 Å². The first-order valence-corrected chi connectivity index (χ1v) is 6.15. The molecule has 1 unspecified atom stereocenters. The van der Waals surface area contributed by atoms with Crippen molar-refractivity contribution < 1.29 is 0 Å². The van der Waals surface area contributed by atoms with Crippen LogP contribution in [-0.2, 0) is 0 Å². The Morgan fingerprint density at radius 1 is 1.07 bits per heavy atom. The molecule has 84 valence electrons. The lowest BCUT2D eigenvalue weighted by Crippen LogP contribution is -2.47. The number of hydrogen-bond acceptors (Lipinski definition) is 2. The van der Waals surface area contributed by atoms with Gasteiger partial charge in [-0.3, -0.25) is 4.90 Å². The van der Waals surface area contributed by atoms with Crippen LogP contribution >= 0.6 is 0 Å². The molecule has 0 bridgehead atoms. The summed E-state index contributed by atoms with van der Waals surface area (Å²) >= 11 is 0. The van der Waals surface area contributed by atoms with E-state index in [-0.39, 0.29) is 0 Å². The molecule has 1 atom stereocenters. The molecule has 14 heavy (non-hydrogen) atoms. The number of rotatable bonds is 5. The third-order valence-corrected chi connectivity index (χ3v) is 3.18. The third kappa shape index (κ3) is 4.43. The Balaban J connectivity index is 2.10. The van der Waals surface area contributed by atoms with Gasteiger partial charge in [-0.15, -0.1) is 0 Å². The van der Waals surface area contributed by atoms with E-state index in [4.69, 9.17) is 0 Å². The van der Waals surface area contributed by atoms with Gasteiger partial charge in [0.1, 0.15) is 0 Å². The molecule has 1 aliphatic rings. The van der Waals surface area contributed by atoms with Crippen molar-refractivity contribution in [2.45, 2.75) is 46.1 Å². The summed E-state index contributed by atoms with van der Waals surface area (Å²) < 4.78 is 0. The average Bonchev–Trinajstić information content (AvgIpc) is 2.18. The van der Waals surface area contributed by atoms with Crippen molar-refractivity contribution in [2.75, 3.05) is 26.2 Å². The lowest BCUT2D eigenvalue weighted by atomic mass is 10.0. The molecular formula is C12H26N2. The molecule has 0 aromatic heterocycles. The molecule has 1 fully saturated rings. The van der Waals surface area contributed by atoms with E-state index in [1.54, 1.807) is 0 Å². The van der Waals surface area contributed by atoms with Crippen LogP contribution in [-0.4, -0.2) is 37.1 Å². The Morgan fingerprint density at radius 2 is 1.71 bits per heavy atom. The molecule has 0 aliphatic carbocycles. The second-order valence-electron chi connectivity index (χ2n) is 4.96. The predicted molar refractivity (Wildman–Crippen MR) is 62.6 cm³/mol. The fraction of sp³-hybridized carbons (Fsp3) is 1.00. The molecule has 1 aliphatic heterocycles. The summed E-state index contributed by atoms with van der Waals surface area (Å²) in [5.74, 6) is 0.866. The minimum absolute atomic E-state index is 0.788. The van der Waals surface area contributed by atoms with Crippen molar-refractivity contribution in [2.24, 2.45) is 5.92 Å². The molecule has 2 nitrogen and oxygen atoms in total. The summed E-state index contributed by atoms with van der Waals surface area (Å²) in [5, 5.41) is 3.40. The number of piperazine rings is 1. The SMILES string of the molecule is CC(C)CCCC(C)N1CCNCC1. The monoisotopic (exact) mass is 198 g/mol. The van der Waals surface area contributed by atoms with Crippen LogP contribution in [0.4, 0.5) is 0 Å². The normalized spacial score (nSPS) is 21.4. The van der Waals surface area contributed by atoms with Gasteiger partial charge in [0, 0.05) is 32.2 Å². The van der Waals surface area contributed by atoms with Crippen molar-refractivity contribution in [1.82, 2.24) is 10.2 Å². The first-order valence-electron chi connectivity index (χ1n) is 6.15. The van der Waals surface area contributed by atoms with E-state index in [1.165, 1.54) is 45.4 Å². The van der Waals surface area contributed by atoms with Gasteiger partial charge in [-0.25, -0.2) is 0 Å². The van der Waals surface area contributed by atoms with Gasteiger partial charge in [0.15, 0.2) is 0 Å². The first-order chi connectivity index (χ1) is 6.70. The Morgan fingerprint density at radius 3 is 2.29 bits per heavy atom. The van der Waals surface area contributed by atoms with E-state index >= 15 is 0 Å². The first kappa shape index (κ1) is 12.0. The van der Waals surface area contributed by atoms with Crippen molar-refractivity contribution in [1.29, 1.82) is 0 Å². The molecule has 2 heteroatoms. The summed E-state index contributed by atoms with van der Waals surface area (Å²) in [6, 6.07) is 0.788. The molecule has 0 radical (unpaired) electrons. The predicted octanol–water partition coefficient (Wildman–Crippen LogP) is 2.11. The molecule has 1 heterocycles. The second-order valence-corrected chi connectivity index (χ2v) is 4.96. The van der Waals surface area contributed by atoms with Crippen LogP contribution in [0.2, 0.25) is 0 Å². The molecule has 0 aromatic carbocycles. The molecule has 0 saturated carbocycles. The lowest BCUT2D eigenvalue weighted by molar-refractivity contribution is 0.173. The van der Waals surface area contributed by atoms with Crippen molar-refractivity contribution in [3.05, 3.63) is 0 Å². The van der Waals surface area contributed by atoms with Gasteiger partial charge in [-0.05, 0) is 19.3 Å². The van der Waals surface area contributed by atoms with Crippen LogP contribution in [0.25, 0.3) is 0 Å². The highest BCUT2D eigenvalue weighted by Crippen LogP contribution is 2.12. The van der Waals surface area contributed by atoms with E-state index in [0.717, 1.165) is 12.0 Å². The van der Waals surface area contributed by atoms with Crippen molar-refractivity contribution in [3.8, 4) is 0 Å². The highest BCUT2D eigenvalue weighted by atomic mass is 15.2. The van der Waals surface area contributed by atoms with Gasteiger partial charge in [-0.1, -0.05) is 26.7 Å². The highest BCUT2D eigenvalue weighted by molar-refractivity contribution is 4.73. The summed E-state index contributed by atoms with van der Waals surface area (Å²) in [7, 11) is 0. The zero-order valence-corrected chi connectivity index (χ0v) is 10.1. The smallest absolute Gasteiger partial charge is 0.0110 e. The van der Waals surface area contributed by atoms with Crippen LogP contribution in [0.1, 0.15) is 40.0 Å². The molecule has 1 rings (SSSR count). The van der Waals surface area contributed by atoms with Gasteiger partial charge >= 0.3 is 0 Å². The zero-order valence-electron chi connectivity index (χ0n) is 10.1. The molecule has 0 aromatic rings. The van der Waals surface area contributed by atoms with E-state index in [1.807, 2.05) is 0 Å². The quantitative estimate of drug-likeness (QED) is 0.728. The van der Waals surface area contributed by atoms with Gasteiger partial charge in [0.05, 0.1) is 0 Å². The summed E-state index contributed by atoms with van der Waals surface area (Å²) in [4.78, 5) is 2.62. The van der Waals surface area contributed by atoms with E-state index in [2.05, 4.69) is 31.0 Å². The lowest BCUT2D eigenvalue weighted by Gasteiger charge is -2.32. The van der Waals surface area contributed by atoms with Gasteiger partial charge in [0.25, 0.3) is 0 Å². The Labute approximate surface area is 89.1 Å². The molecule has 1 N–H and O–H groups in total. The third-order valence-electron chi connectivity index (χ3n) is 3.18. The fourth-order valence-electron chi connectivity index (χ4n) is 2.13. The number of nitrogens with one attached hydrogen (secondary N) is 1. The molecular weight excluding hydrogens is 172 g/mol. The van der Waals surface area contributed by atoms with Crippen LogP contribution < -0.4 is 5.32 Å². The van der Waals surface area contributed by atoms with Crippen LogP contribution in [0, 0.1) is 5.92 Å². The summed E-state index contributed by atoms with van der Waals surface area (Å²) in [6.45, 7) is 11.8. The Bertz CT molecular complexity index is 139. The summed E-state index contributed by atoms with van der Waals surface area (Å²) in [6.07, 6.45) is 4.15.